The summed E-state index contributed by atoms with van der Waals surface area (Å²) in [5, 5.41) is 8.90. The number of para-hydroxylation sites is 1. The van der Waals surface area contributed by atoms with Crippen LogP contribution in [0.2, 0.25) is 0 Å². The third kappa shape index (κ3) is 3.96. The summed E-state index contributed by atoms with van der Waals surface area (Å²) < 4.78 is 11.5. The van der Waals surface area contributed by atoms with Crippen molar-refractivity contribution >= 4 is 28.6 Å². The van der Waals surface area contributed by atoms with Gasteiger partial charge in [0.2, 0.25) is 0 Å². The number of ether oxygens (including phenoxy) is 2. The van der Waals surface area contributed by atoms with E-state index in [1.807, 2.05) is 18.2 Å². The number of rotatable bonds is 4. The van der Waals surface area contributed by atoms with Crippen LogP contribution in [0.1, 0.15) is 5.56 Å². The van der Waals surface area contributed by atoms with E-state index < -0.39 is 5.97 Å². The van der Waals surface area contributed by atoms with Gasteiger partial charge in [-0.25, -0.2) is 4.79 Å². The number of nitriles is 1. The minimum atomic E-state index is -0.515. The van der Waals surface area contributed by atoms with Crippen molar-refractivity contribution in [3.8, 4) is 17.6 Å². The van der Waals surface area contributed by atoms with Crippen molar-refractivity contribution in [1.82, 2.24) is 0 Å². The first kappa shape index (κ1) is 14.3. The van der Waals surface area contributed by atoms with Gasteiger partial charge in [-0.3, -0.25) is 0 Å². The van der Waals surface area contributed by atoms with Crippen LogP contribution in [0.25, 0.3) is 0 Å². The highest BCUT2D eigenvalue weighted by molar-refractivity contribution is 14.1. The van der Waals surface area contributed by atoms with E-state index in [1.54, 1.807) is 36.4 Å². The highest BCUT2D eigenvalue weighted by Crippen LogP contribution is 2.17. The molecule has 0 fully saturated rings. The molecule has 2 aromatic carbocycles. The van der Waals surface area contributed by atoms with Crippen LogP contribution in [0.4, 0.5) is 0 Å². The molecule has 0 atom stereocenters. The Morgan fingerprint density at radius 2 is 1.85 bits per heavy atom. The number of hydrogen-bond acceptors (Lipinski definition) is 4. The van der Waals surface area contributed by atoms with E-state index in [0.29, 0.717) is 17.1 Å². The smallest absolute Gasteiger partial charge is 0.349 e. The van der Waals surface area contributed by atoms with Crippen molar-refractivity contribution in [2.75, 3.05) is 6.61 Å². The lowest BCUT2D eigenvalue weighted by Crippen LogP contribution is -2.18. The van der Waals surface area contributed by atoms with Crippen LogP contribution in [0.15, 0.2) is 48.5 Å². The molecule has 0 radical (unpaired) electrons. The fraction of sp³-hybridized carbons (Fsp3) is 0.0667. The van der Waals surface area contributed by atoms with Crippen LogP contribution >= 0.6 is 22.6 Å². The first-order chi connectivity index (χ1) is 9.69. The summed E-state index contributed by atoms with van der Waals surface area (Å²) in [7, 11) is 0. The molecule has 0 saturated carbocycles. The lowest BCUT2D eigenvalue weighted by Gasteiger charge is -2.07. The van der Waals surface area contributed by atoms with Gasteiger partial charge < -0.3 is 9.47 Å². The monoisotopic (exact) mass is 379 g/mol. The minimum absolute atomic E-state index is 0.245. The first-order valence-electron chi connectivity index (χ1n) is 5.77. The Bertz CT molecular complexity index is 647. The largest absolute Gasteiger partial charge is 0.481 e. The van der Waals surface area contributed by atoms with Crippen molar-refractivity contribution in [2.45, 2.75) is 0 Å². The Morgan fingerprint density at radius 1 is 1.15 bits per heavy atom. The van der Waals surface area contributed by atoms with Gasteiger partial charge in [0.05, 0.1) is 5.56 Å². The van der Waals surface area contributed by atoms with Crippen LogP contribution in [0, 0.1) is 14.9 Å². The summed E-state index contributed by atoms with van der Waals surface area (Å²) >= 11 is 2.17. The van der Waals surface area contributed by atoms with Gasteiger partial charge in [0.25, 0.3) is 0 Å². The Balaban J connectivity index is 1.92. The molecule has 0 unspecified atom stereocenters. The number of hydrogen-bond donors (Lipinski definition) is 0. The van der Waals surface area contributed by atoms with Gasteiger partial charge in [0, 0.05) is 3.57 Å². The van der Waals surface area contributed by atoms with Gasteiger partial charge in [0.15, 0.2) is 6.61 Å². The third-order valence-electron chi connectivity index (χ3n) is 2.40. The van der Waals surface area contributed by atoms with Crippen molar-refractivity contribution in [3.63, 3.8) is 0 Å². The molecule has 0 aliphatic carbocycles. The second-order valence-electron chi connectivity index (χ2n) is 3.82. The molecule has 0 aromatic heterocycles. The number of nitrogens with zero attached hydrogens (tertiary/aromatic N) is 1. The number of carbonyl (C=O) groups excluding carboxylic acids is 1. The Kier molecular flexibility index (Phi) is 4.96. The maximum absolute atomic E-state index is 11.6. The van der Waals surface area contributed by atoms with Gasteiger partial charge in [-0.1, -0.05) is 12.1 Å². The van der Waals surface area contributed by atoms with Crippen molar-refractivity contribution < 1.29 is 14.3 Å². The van der Waals surface area contributed by atoms with Gasteiger partial charge in [0.1, 0.15) is 17.6 Å². The summed E-state index contributed by atoms with van der Waals surface area (Å²) in [6, 6.07) is 15.8. The first-order valence-corrected chi connectivity index (χ1v) is 6.85. The molecule has 0 N–H and O–H groups in total. The Hall–Kier alpha value is -2.07. The molecule has 0 bridgehead atoms. The van der Waals surface area contributed by atoms with Gasteiger partial charge in [-0.2, -0.15) is 5.26 Å². The highest BCUT2D eigenvalue weighted by Gasteiger charge is 2.08. The molecular formula is C15H10INO3. The zero-order valence-corrected chi connectivity index (χ0v) is 12.5. The maximum Gasteiger partial charge on any atom is 0.349 e. The van der Waals surface area contributed by atoms with E-state index in [-0.39, 0.29) is 6.61 Å². The zero-order valence-electron chi connectivity index (χ0n) is 10.4. The van der Waals surface area contributed by atoms with E-state index in [0.717, 1.165) is 3.57 Å². The molecule has 0 spiro atoms. The van der Waals surface area contributed by atoms with Crippen LogP contribution in [0.5, 0.6) is 11.5 Å². The molecule has 0 aliphatic heterocycles. The summed E-state index contributed by atoms with van der Waals surface area (Å²) in [5.41, 5.74) is 0.384. The highest BCUT2D eigenvalue weighted by atomic mass is 127. The average Bonchev–Trinajstić information content (AvgIpc) is 2.48. The van der Waals surface area contributed by atoms with E-state index in [1.165, 1.54) is 0 Å². The molecule has 4 nitrogen and oxygen atoms in total. The Morgan fingerprint density at radius 3 is 2.55 bits per heavy atom. The van der Waals surface area contributed by atoms with E-state index in [2.05, 4.69) is 22.6 Å². The fourth-order valence-corrected chi connectivity index (χ4v) is 1.84. The molecule has 0 aliphatic rings. The van der Waals surface area contributed by atoms with E-state index in [9.17, 15) is 4.79 Å². The quantitative estimate of drug-likeness (QED) is 0.465. The predicted molar refractivity (Wildman–Crippen MR) is 81.4 cm³/mol. The lowest BCUT2D eigenvalue weighted by molar-refractivity contribution is -0.136. The Labute approximate surface area is 130 Å². The number of benzene rings is 2. The summed E-state index contributed by atoms with van der Waals surface area (Å²) in [6.45, 7) is -0.245. The molecular weight excluding hydrogens is 369 g/mol. The van der Waals surface area contributed by atoms with Crippen molar-refractivity contribution in [1.29, 1.82) is 5.26 Å². The normalized spacial score (nSPS) is 9.60. The van der Waals surface area contributed by atoms with Crippen molar-refractivity contribution in [3.05, 3.63) is 57.7 Å². The predicted octanol–water partition coefficient (Wildman–Crippen LogP) is 3.15. The van der Waals surface area contributed by atoms with Crippen molar-refractivity contribution in [2.24, 2.45) is 0 Å². The van der Waals surface area contributed by atoms with Crippen LogP contribution in [0.3, 0.4) is 0 Å². The standard InChI is InChI=1S/C15H10INO3/c16-12-5-7-13(8-6-12)20-15(18)10-19-14-4-2-1-3-11(14)9-17/h1-8H,10H2. The molecule has 0 amide bonds. The molecule has 5 heteroatoms. The second-order valence-corrected chi connectivity index (χ2v) is 5.07. The summed E-state index contributed by atoms with van der Waals surface area (Å²) in [6.07, 6.45) is 0. The molecule has 100 valence electrons. The summed E-state index contributed by atoms with van der Waals surface area (Å²) in [5.74, 6) is 0.320. The van der Waals surface area contributed by atoms with Gasteiger partial charge >= 0.3 is 5.97 Å². The SMILES string of the molecule is N#Cc1ccccc1OCC(=O)Oc1ccc(I)cc1. The molecule has 0 saturated heterocycles. The molecule has 2 aromatic rings. The summed E-state index contributed by atoms with van der Waals surface area (Å²) in [4.78, 5) is 11.6. The lowest BCUT2D eigenvalue weighted by atomic mass is 10.2. The average molecular weight is 379 g/mol. The van der Waals surface area contributed by atoms with E-state index >= 15 is 0 Å². The third-order valence-corrected chi connectivity index (χ3v) is 3.12. The number of carbonyl (C=O) groups is 1. The number of halogens is 1. The fourth-order valence-electron chi connectivity index (χ4n) is 1.49. The van der Waals surface area contributed by atoms with Crippen LogP contribution < -0.4 is 9.47 Å². The second kappa shape index (κ2) is 6.91. The zero-order chi connectivity index (χ0) is 14.4. The van der Waals surface area contributed by atoms with Gasteiger partial charge in [-0.05, 0) is 59.0 Å². The molecule has 0 heterocycles. The van der Waals surface area contributed by atoms with Crippen LogP contribution in [-0.2, 0) is 4.79 Å². The van der Waals surface area contributed by atoms with Crippen LogP contribution in [-0.4, -0.2) is 12.6 Å². The molecule has 20 heavy (non-hydrogen) atoms. The maximum atomic E-state index is 11.6. The topological polar surface area (TPSA) is 59.3 Å². The van der Waals surface area contributed by atoms with E-state index in [4.69, 9.17) is 14.7 Å². The number of esters is 1. The molecule has 2 rings (SSSR count). The van der Waals surface area contributed by atoms with Gasteiger partial charge in [-0.15, -0.1) is 0 Å². The minimum Gasteiger partial charge on any atom is -0.481 e.